The summed E-state index contributed by atoms with van der Waals surface area (Å²) in [6, 6.07) is 0. The van der Waals surface area contributed by atoms with Crippen molar-refractivity contribution in [2.45, 2.75) is 335 Å². The van der Waals surface area contributed by atoms with Crippen molar-refractivity contribution in [1.82, 2.24) is 0 Å². The molecule has 1 unspecified atom stereocenters. The lowest BCUT2D eigenvalue weighted by Crippen LogP contribution is -2.30. The van der Waals surface area contributed by atoms with Crippen molar-refractivity contribution in [2.75, 3.05) is 13.2 Å². The van der Waals surface area contributed by atoms with Gasteiger partial charge in [-0.3, -0.25) is 14.4 Å². The van der Waals surface area contributed by atoms with Crippen molar-refractivity contribution < 1.29 is 28.6 Å². The van der Waals surface area contributed by atoms with Gasteiger partial charge in [0.2, 0.25) is 0 Å². The van der Waals surface area contributed by atoms with Crippen LogP contribution in [0.4, 0.5) is 0 Å². The van der Waals surface area contributed by atoms with Gasteiger partial charge in [-0.2, -0.15) is 0 Å². The summed E-state index contributed by atoms with van der Waals surface area (Å²) < 4.78 is 16.9. The molecule has 73 heavy (non-hydrogen) atoms. The second kappa shape index (κ2) is 61.7. The normalized spacial score (nSPS) is 12.4. The minimum atomic E-state index is -0.777. The average molecular weight is 1020 g/mol. The predicted molar refractivity (Wildman–Crippen MR) is 316 cm³/mol. The van der Waals surface area contributed by atoms with E-state index in [2.05, 4.69) is 81.5 Å². The summed E-state index contributed by atoms with van der Waals surface area (Å²) in [6.45, 7) is 6.62. The first-order chi connectivity index (χ1) is 36.0. The maximum Gasteiger partial charge on any atom is 0.306 e. The van der Waals surface area contributed by atoms with Gasteiger partial charge in [-0.15, -0.1) is 0 Å². The van der Waals surface area contributed by atoms with Crippen LogP contribution in [0, 0.1) is 0 Å². The first-order valence-corrected chi connectivity index (χ1v) is 31.8. The molecule has 424 valence electrons. The largest absolute Gasteiger partial charge is 0.462 e. The molecule has 6 nitrogen and oxygen atoms in total. The van der Waals surface area contributed by atoms with E-state index < -0.39 is 6.10 Å². The number of unbranched alkanes of at least 4 members (excludes halogenated alkanes) is 37. The molecule has 0 aromatic carbocycles. The lowest BCUT2D eigenvalue weighted by Gasteiger charge is -2.18. The van der Waals surface area contributed by atoms with Crippen LogP contribution >= 0.6 is 0 Å². The number of carbonyl (C=O) groups is 3. The molecule has 0 aliphatic heterocycles. The van der Waals surface area contributed by atoms with Crippen LogP contribution in [-0.2, 0) is 28.6 Å². The van der Waals surface area contributed by atoms with E-state index in [1.807, 2.05) is 0 Å². The minimum absolute atomic E-state index is 0.0747. The Morgan fingerprint density at radius 1 is 0.274 bits per heavy atom. The fraction of sp³-hybridized carbons (Fsp3) is 0.806. The summed E-state index contributed by atoms with van der Waals surface area (Å²) in [5.74, 6) is -0.870. The SMILES string of the molecule is CCCCC/C=C\C/C=C\CCCCCCCCCC(=O)OC(COC(=O)CCCCCCCCCCCCC)COC(=O)CCCCCCCCCCCCCC/C=C\C/C=C\C/C=C\CCCCCCC. The summed E-state index contributed by atoms with van der Waals surface area (Å²) >= 11 is 0. The van der Waals surface area contributed by atoms with E-state index in [0.29, 0.717) is 19.3 Å². The summed E-state index contributed by atoms with van der Waals surface area (Å²) in [7, 11) is 0. The van der Waals surface area contributed by atoms with Crippen LogP contribution in [0.2, 0.25) is 0 Å². The monoisotopic (exact) mass is 1020 g/mol. The zero-order valence-electron chi connectivity index (χ0n) is 48.7. The smallest absolute Gasteiger partial charge is 0.306 e. The van der Waals surface area contributed by atoms with Crippen LogP contribution < -0.4 is 0 Å². The van der Waals surface area contributed by atoms with Gasteiger partial charge >= 0.3 is 17.9 Å². The molecule has 0 heterocycles. The highest BCUT2D eigenvalue weighted by Gasteiger charge is 2.19. The van der Waals surface area contributed by atoms with Gasteiger partial charge in [0.05, 0.1) is 0 Å². The second-order valence-corrected chi connectivity index (χ2v) is 21.3. The molecule has 0 aliphatic rings. The van der Waals surface area contributed by atoms with Crippen molar-refractivity contribution in [3.63, 3.8) is 0 Å². The summed E-state index contributed by atoms with van der Waals surface area (Å²) in [5.41, 5.74) is 0. The van der Waals surface area contributed by atoms with Gasteiger partial charge in [0.15, 0.2) is 6.10 Å². The lowest BCUT2D eigenvalue weighted by atomic mass is 10.0. The lowest BCUT2D eigenvalue weighted by molar-refractivity contribution is -0.167. The van der Waals surface area contributed by atoms with Gasteiger partial charge in [0.25, 0.3) is 0 Å². The Balaban J connectivity index is 4.23. The third kappa shape index (κ3) is 59.9. The number of ether oxygens (including phenoxy) is 3. The van der Waals surface area contributed by atoms with E-state index in [4.69, 9.17) is 14.2 Å². The summed E-state index contributed by atoms with van der Waals surface area (Å²) in [5, 5.41) is 0. The summed E-state index contributed by atoms with van der Waals surface area (Å²) in [6.07, 6.45) is 78.0. The third-order valence-electron chi connectivity index (χ3n) is 14.0. The Hall–Kier alpha value is -2.89. The number of rotatable bonds is 58. The highest BCUT2D eigenvalue weighted by Crippen LogP contribution is 2.16. The fourth-order valence-corrected chi connectivity index (χ4v) is 9.19. The molecule has 0 N–H and O–H groups in total. The van der Waals surface area contributed by atoms with Crippen molar-refractivity contribution in [3.05, 3.63) is 60.8 Å². The molecule has 0 fully saturated rings. The fourth-order valence-electron chi connectivity index (χ4n) is 9.19. The molecule has 1 atom stereocenters. The van der Waals surface area contributed by atoms with E-state index in [9.17, 15) is 14.4 Å². The molecule has 0 saturated heterocycles. The topological polar surface area (TPSA) is 78.9 Å². The van der Waals surface area contributed by atoms with Gasteiger partial charge in [0.1, 0.15) is 13.2 Å². The Labute approximate surface area is 453 Å². The number of hydrogen-bond donors (Lipinski definition) is 0. The first kappa shape index (κ1) is 70.1. The molecule has 0 aliphatic carbocycles. The number of hydrogen-bond acceptors (Lipinski definition) is 6. The number of esters is 3. The van der Waals surface area contributed by atoms with Crippen LogP contribution in [0.25, 0.3) is 0 Å². The van der Waals surface area contributed by atoms with E-state index in [-0.39, 0.29) is 31.1 Å². The van der Waals surface area contributed by atoms with Crippen molar-refractivity contribution in [2.24, 2.45) is 0 Å². The third-order valence-corrected chi connectivity index (χ3v) is 14.0. The maximum atomic E-state index is 12.9. The highest BCUT2D eigenvalue weighted by molar-refractivity contribution is 5.71. The Morgan fingerprint density at radius 3 is 0.795 bits per heavy atom. The van der Waals surface area contributed by atoms with E-state index in [0.717, 1.165) is 83.5 Å². The number of allylic oxidation sites excluding steroid dienone is 10. The quantitative estimate of drug-likeness (QED) is 0.0261. The Morgan fingerprint density at radius 2 is 0.493 bits per heavy atom. The molecule has 0 saturated carbocycles. The molecule has 0 rings (SSSR count). The standard InChI is InChI=1S/C67H120O6/c1-4-7-10-13-16-19-22-24-26-28-29-30-31-32-33-34-35-36-37-39-40-42-45-48-51-54-57-60-66(69)72-63-64(62-71-65(68)59-56-53-50-47-44-21-18-15-12-9-6-3)73-67(70)61-58-55-52-49-46-43-41-38-27-25-23-20-17-14-11-8-5-2/h17,20,22,24-25,27-29,31-32,64H,4-16,18-19,21,23,26,30,33-63H2,1-3H3/b20-17-,24-22-,27-25-,29-28-,32-31-. The van der Waals surface area contributed by atoms with E-state index >= 15 is 0 Å². The van der Waals surface area contributed by atoms with Crippen molar-refractivity contribution in [1.29, 1.82) is 0 Å². The van der Waals surface area contributed by atoms with Crippen molar-refractivity contribution >= 4 is 17.9 Å². The molecule has 6 heteroatoms. The second-order valence-electron chi connectivity index (χ2n) is 21.3. The highest BCUT2D eigenvalue weighted by atomic mass is 16.6. The van der Waals surface area contributed by atoms with Crippen LogP contribution in [0.1, 0.15) is 329 Å². The molecular formula is C67H120O6. The van der Waals surface area contributed by atoms with Gasteiger partial charge in [-0.25, -0.2) is 0 Å². The Bertz CT molecular complexity index is 1310. The zero-order chi connectivity index (χ0) is 52.9. The minimum Gasteiger partial charge on any atom is -0.462 e. The van der Waals surface area contributed by atoms with Crippen molar-refractivity contribution in [3.8, 4) is 0 Å². The van der Waals surface area contributed by atoms with Gasteiger partial charge in [-0.05, 0) is 89.9 Å². The van der Waals surface area contributed by atoms with Crippen LogP contribution in [0.3, 0.4) is 0 Å². The van der Waals surface area contributed by atoms with E-state index in [1.54, 1.807) is 0 Å². The van der Waals surface area contributed by atoms with Crippen LogP contribution in [-0.4, -0.2) is 37.2 Å². The number of carbonyl (C=O) groups excluding carboxylic acids is 3. The van der Waals surface area contributed by atoms with Gasteiger partial charge < -0.3 is 14.2 Å². The molecule has 0 aromatic rings. The van der Waals surface area contributed by atoms with Gasteiger partial charge in [0, 0.05) is 19.3 Å². The maximum absolute atomic E-state index is 12.9. The zero-order valence-corrected chi connectivity index (χ0v) is 48.7. The van der Waals surface area contributed by atoms with Crippen LogP contribution in [0.5, 0.6) is 0 Å². The Kier molecular flexibility index (Phi) is 59.2. The molecule has 0 aromatic heterocycles. The van der Waals surface area contributed by atoms with E-state index in [1.165, 1.54) is 205 Å². The molecule has 0 amide bonds. The predicted octanol–water partition coefficient (Wildman–Crippen LogP) is 21.6. The molecular weight excluding hydrogens is 901 g/mol. The molecule has 0 spiro atoms. The van der Waals surface area contributed by atoms with Crippen LogP contribution in [0.15, 0.2) is 60.8 Å². The van der Waals surface area contributed by atoms with Gasteiger partial charge in [-0.1, -0.05) is 281 Å². The molecule has 0 radical (unpaired) electrons. The first-order valence-electron chi connectivity index (χ1n) is 31.8. The molecule has 0 bridgehead atoms. The average Bonchev–Trinajstić information content (AvgIpc) is 3.39. The summed E-state index contributed by atoms with van der Waals surface area (Å²) in [4.78, 5) is 38.2.